The zero-order valence-electron chi connectivity index (χ0n) is 7.52. The van der Waals surface area contributed by atoms with E-state index in [9.17, 15) is 0 Å². The highest BCUT2D eigenvalue weighted by Crippen LogP contribution is 2.30. The monoisotopic (exact) mass is 156 g/mol. The lowest BCUT2D eigenvalue weighted by atomic mass is 10.0. The Morgan fingerprint density at radius 2 is 2.00 bits per heavy atom. The Morgan fingerprint density at radius 1 is 1.36 bits per heavy atom. The van der Waals surface area contributed by atoms with Crippen LogP contribution in [0.4, 0.5) is 0 Å². The summed E-state index contributed by atoms with van der Waals surface area (Å²) in [7, 11) is 0. The van der Waals surface area contributed by atoms with E-state index in [4.69, 9.17) is 9.47 Å². The van der Waals surface area contributed by atoms with Crippen LogP contribution < -0.4 is 0 Å². The van der Waals surface area contributed by atoms with Gasteiger partial charge in [-0.2, -0.15) is 0 Å². The third-order valence-corrected chi connectivity index (χ3v) is 1.96. The third-order valence-electron chi connectivity index (χ3n) is 1.96. The fourth-order valence-corrected chi connectivity index (χ4v) is 1.29. The van der Waals surface area contributed by atoms with Crippen molar-refractivity contribution in [2.75, 3.05) is 6.61 Å². The van der Waals surface area contributed by atoms with Gasteiger partial charge in [0.25, 0.3) is 0 Å². The summed E-state index contributed by atoms with van der Waals surface area (Å²) in [5.41, 5.74) is -0.207. The Kier molecular flexibility index (Phi) is 2.08. The Morgan fingerprint density at radius 3 is 2.36 bits per heavy atom. The van der Waals surface area contributed by atoms with Gasteiger partial charge in [-0.15, -0.1) is 6.58 Å². The summed E-state index contributed by atoms with van der Waals surface area (Å²) >= 11 is 0. The zero-order chi connectivity index (χ0) is 8.54. The molecule has 1 rings (SSSR count). The average Bonchev–Trinajstić information content (AvgIpc) is 1.85. The number of hydrogen-bond acceptors (Lipinski definition) is 2. The van der Waals surface area contributed by atoms with Crippen LogP contribution in [0.3, 0.4) is 0 Å². The average molecular weight is 156 g/mol. The van der Waals surface area contributed by atoms with Crippen molar-refractivity contribution in [2.24, 2.45) is 0 Å². The van der Waals surface area contributed by atoms with Crippen molar-refractivity contribution in [2.45, 2.75) is 38.6 Å². The van der Waals surface area contributed by atoms with E-state index in [2.05, 4.69) is 6.58 Å². The molecular weight excluding hydrogens is 140 g/mol. The second-order valence-corrected chi connectivity index (χ2v) is 3.62. The zero-order valence-corrected chi connectivity index (χ0v) is 7.52. The molecular formula is C9H16O2. The first kappa shape index (κ1) is 8.75. The van der Waals surface area contributed by atoms with Crippen molar-refractivity contribution >= 4 is 0 Å². The third kappa shape index (κ3) is 2.04. The Hall–Kier alpha value is -0.340. The fraction of sp³-hybridized carbons (Fsp3) is 0.778. The lowest BCUT2D eigenvalue weighted by Gasteiger charge is -2.41. The highest BCUT2D eigenvalue weighted by atomic mass is 16.7. The first-order chi connectivity index (χ1) is 4.97. The van der Waals surface area contributed by atoms with Gasteiger partial charge in [-0.3, -0.25) is 0 Å². The van der Waals surface area contributed by atoms with Gasteiger partial charge in [-0.1, -0.05) is 6.08 Å². The second kappa shape index (κ2) is 2.61. The first-order valence-electron chi connectivity index (χ1n) is 3.95. The van der Waals surface area contributed by atoms with E-state index in [0.29, 0.717) is 0 Å². The summed E-state index contributed by atoms with van der Waals surface area (Å²) in [6.45, 7) is 10.4. The Balaban J connectivity index is 2.66. The Labute approximate surface area is 68.2 Å². The van der Waals surface area contributed by atoms with Gasteiger partial charge in [0.1, 0.15) is 0 Å². The normalized spacial score (nSPS) is 36.6. The summed E-state index contributed by atoms with van der Waals surface area (Å²) in [4.78, 5) is 0. The van der Waals surface area contributed by atoms with Gasteiger partial charge in [0.15, 0.2) is 5.79 Å². The molecule has 1 fully saturated rings. The van der Waals surface area contributed by atoms with Gasteiger partial charge in [-0.05, 0) is 20.8 Å². The molecule has 0 amide bonds. The molecule has 0 aromatic carbocycles. The molecule has 0 N–H and O–H groups in total. The second-order valence-electron chi connectivity index (χ2n) is 3.62. The van der Waals surface area contributed by atoms with Gasteiger partial charge in [-0.25, -0.2) is 0 Å². The molecule has 1 aliphatic rings. The highest BCUT2D eigenvalue weighted by Gasteiger charge is 2.35. The quantitative estimate of drug-likeness (QED) is 0.541. The summed E-state index contributed by atoms with van der Waals surface area (Å²) in [5.74, 6) is -0.457. The summed E-state index contributed by atoms with van der Waals surface area (Å²) in [6, 6.07) is 0. The maximum absolute atomic E-state index is 5.67. The van der Waals surface area contributed by atoms with Crippen molar-refractivity contribution < 1.29 is 9.47 Å². The van der Waals surface area contributed by atoms with Crippen LogP contribution in [0.5, 0.6) is 0 Å². The van der Waals surface area contributed by atoms with E-state index in [1.807, 2.05) is 26.8 Å². The molecule has 1 atom stereocenters. The molecule has 0 aromatic heterocycles. The molecule has 2 nitrogen and oxygen atoms in total. The van der Waals surface area contributed by atoms with E-state index in [-0.39, 0.29) is 5.60 Å². The predicted octanol–water partition coefficient (Wildman–Crippen LogP) is 2.10. The molecule has 64 valence electrons. The maximum atomic E-state index is 5.67. The van der Waals surface area contributed by atoms with E-state index >= 15 is 0 Å². The number of ether oxygens (including phenoxy) is 2. The minimum absolute atomic E-state index is 0.207. The molecule has 0 aromatic rings. The summed E-state index contributed by atoms with van der Waals surface area (Å²) in [5, 5.41) is 0. The van der Waals surface area contributed by atoms with E-state index < -0.39 is 5.79 Å². The van der Waals surface area contributed by atoms with Gasteiger partial charge in [0.2, 0.25) is 0 Å². The fourth-order valence-electron chi connectivity index (χ4n) is 1.29. The summed E-state index contributed by atoms with van der Waals surface area (Å²) < 4.78 is 11.1. The largest absolute Gasteiger partial charge is 0.350 e. The summed E-state index contributed by atoms with van der Waals surface area (Å²) in [6.07, 6.45) is 2.73. The van der Waals surface area contributed by atoms with Gasteiger partial charge in [0.05, 0.1) is 12.2 Å². The van der Waals surface area contributed by atoms with Crippen molar-refractivity contribution in [3.63, 3.8) is 0 Å². The van der Waals surface area contributed by atoms with Crippen molar-refractivity contribution in [3.05, 3.63) is 12.7 Å². The topological polar surface area (TPSA) is 18.5 Å². The molecule has 1 saturated heterocycles. The van der Waals surface area contributed by atoms with E-state index in [1.54, 1.807) is 0 Å². The molecule has 1 aliphatic heterocycles. The van der Waals surface area contributed by atoms with Crippen LogP contribution in [0.25, 0.3) is 0 Å². The highest BCUT2D eigenvalue weighted by molar-refractivity contribution is 4.96. The minimum atomic E-state index is -0.457. The lowest BCUT2D eigenvalue weighted by molar-refractivity contribution is -0.292. The van der Waals surface area contributed by atoms with E-state index in [0.717, 1.165) is 13.0 Å². The minimum Gasteiger partial charge on any atom is -0.350 e. The van der Waals surface area contributed by atoms with Gasteiger partial charge < -0.3 is 9.47 Å². The Bertz CT molecular complexity index is 163. The van der Waals surface area contributed by atoms with Gasteiger partial charge in [0, 0.05) is 6.42 Å². The van der Waals surface area contributed by atoms with Crippen molar-refractivity contribution in [1.29, 1.82) is 0 Å². The SMILES string of the molecule is C=CC1(C)CCOC(C)(C)O1. The number of hydrogen-bond donors (Lipinski definition) is 0. The van der Waals surface area contributed by atoms with Crippen molar-refractivity contribution in [1.82, 2.24) is 0 Å². The molecule has 0 bridgehead atoms. The van der Waals surface area contributed by atoms with Crippen LogP contribution in [0, 0.1) is 0 Å². The van der Waals surface area contributed by atoms with Crippen LogP contribution in [0.1, 0.15) is 27.2 Å². The molecule has 0 spiro atoms. The molecule has 11 heavy (non-hydrogen) atoms. The van der Waals surface area contributed by atoms with Crippen LogP contribution in [0.2, 0.25) is 0 Å². The predicted molar refractivity (Wildman–Crippen MR) is 44.3 cm³/mol. The maximum Gasteiger partial charge on any atom is 0.163 e. The van der Waals surface area contributed by atoms with Crippen LogP contribution >= 0.6 is 0 Å². The van der Waals surface area contributed by atoms with Gasteiger partial charge >= 0.3 is 0 Å². The molecule has 0 radical (unpaired) electrons. The molecule has 0 aliphatic carbocycles. The molecule has 2 heteroatoms. The smallest absolute Gasteiger partial charge is 0.163 e. The standard InChI is InChI=1S/C9H16O2/c1-5-9(4)6-7-10-8(2,3)11-9/h5H,1,6-7H2,2-4H3. The van der Waals surface area contributed by atoms with Crippen molar-refractivity contribution in [3.8, 4) is 0 Å². The molecule has 1 unspecified atom stereocenters. The number of rotatable bonds is 1. The first-order valence-corrected chi connectivity index (χ1v) is 3.95. The van der Waals surface area contributed by atoms with Crippen LogP contribution in [0.15, 0.2) is 12.7 Å². The molecule has 1 heterocycles. The van der Waals surface area contributed by atoms with E-state index in [1.165, 1.54) is 0 Å². The van der Waals surface area contributed by atoms with Crippen LogP contribution in [-0.2, 0) is 9.47 Å². The van der Waals surface area contributed by atoms with Crippen LogP contribution in [-0.4, -0.2) is 18.0 Å². The molecule has 0 saturated carbocycles. The lowest BCUT2D eigenvalue weighted by Crippen LogP contribution is -2.45.